The molecule has 0 aromatic rings. The lowest BCUT2D eigenvalue weighted by Gasteiger charge is -2.41. The smallest absolute Gasteiger partial charge is 0.00568 e. The predicted octanol–water partition coefficient (Wildman–Crippen LogP) is 7.10. The summed E-state index contributed by atoms with van der Waals surface area (Å²) in [7, 11) is 0.195. The van der Waals surface area contributed by atoms with Gasteiger partial charge in [0.05, 0.1) is 0 Å². The minimum atomic E-state index is 0.195. The molecule has 3 aliphatic rings. The molecule has 0 spiro atoms. The Hall–Kier alpha value is 0.430. The summed E-state index contributed by atoms with van der Waals surface area (Å²) in [5.74, 6) is 8.14. The topological polar surface area (TPSA) is 0 Å². The van der Waals surface area contributed by atoms with Gasteiger partial charge in [0, 0.05) is 0 Å². The molecule has 5 radical (unpaired) electrons. The Kier molecular flexibility index (Phi) is 6.50. The Morgan fingerprint density at radius 1 is 0.609 bits per heavy atom. The molecule has 0 N–H and O–H groups in total. The Labute approximate surface area is 147 Å². The Morgan fingerprint density at radius 2 is 1.00 bits per heavy atom. The quantitative estimate of drug-likeness (QED) is 0.482. The van der Waals surface area contributed by atoms with Crippen molar-refractivity contribution in [2.75, 3.05) is 6.16 Å². The van der Waals surface area contributed by atoms with Crippen LogP contribution in [0, 0.1) is 29.6 Å². The van der Waals surface area contributed by atoms with E-state index in [1.54, 1.807) is 55.3 Å². The Bertz CT molecular complexity index is 321. The highest BCUT2D eigenvalue weighted by Gasteiger charge is 2.45. The molecule has 0 aromatic heterocycles. The zero-order valence-electron chi connectivity index (χ0n) is 15.9. The predicted molar refractivity (Wildman–Crippen MR) is 104 cm³/mol. The van der Waals surface area contributed by atoms with Gasteiger partial charge >= 0.3 is 0 Å². The molecule has 0 atom stereocenters. The molecule has 0 amide bonds. The van der Waals surface area contributed by atoms with Gasteiger partial charge in [-0.1, -0.05) is 74.1 Å². The van der Waals surface area contributed by atoms with E-state index >= 15 is 0 Å². The second-order valence-electron chi connectivity index (χ2n) is 8.23. The van der Waals surface area contributed by atoms with Crippen LogP contribution in [0.5, 0.6) is 0 Å². The highest BCUT2D eigenvalue weighted by Crippen LogP contribution is 2.62. The summed E-state index contributed by atoms with van der Waals surface area (Å²) in [5.41, 5.74) is 2.16. The molecule has 0 aliphatic heterocycles. The monoisotopic (exact) mass is 331 g/mol. The van der Waals surface area contributed by atoms with Gasteiger partial charge in [-0.3, -0.25) is 0 Å². The van der Waals surface area contributed by atoms with E-state index < -0.39 is 0 Å². The van der Waals surface area contributed by atoms with E-state index in [-0.39, 0.29) is 7.92 Å². The van der Waals surface area contributed by atoms with E-state index in [9.17, 15) is 0 Å². The standard InChI is InChI=1S/C22H36P/c1-16-17(2)19(4)22(18(16)3)15-23(20-11-7-5-8-12-20)21-13-9-6-10-14-21/h20-21H,5-15H2,1-4H3. The van der Waals surface area contributed by atoms with Crippen molar-refractivity contribution in [3.05, 3.63) is 29.6 Å². The maximum absolute atomic E-state index is 2.39. The lowest BCUT2D eigenvalue weighted by Crippen LogP contribution is -2.25. The summed E-state index contributed by atoms with van der Waals surface area (Å²) >= 11 is 0. The van der Waals surface area contributed by atoms with Crippen LogP contribution in [0.25, 0.3) is 0 Å². The van der Waals surface area contributed by atoms with E-state index in [2.05, 4.69) is 27.7 Å². The molecule has 129 valence electrons. The highest BCUT2D eigenvalue weighted by atomic mass is 31.1. The molecule has 3 fully saturated rings. The summed E-state index contributed by atoms with van der Waals surface area (Å²) in [6.45, 7) is 9.45. The fourth-order valence-electron chi connectivity index (χ4n) is 5.10. The molecule has 0 saturated heterocycles. The first-order valence-corrected chi connectivity index (χ1v) is 11.7. The van der Waals surface area contributed by atoms with Gasteiger partial charge in [-0.2, -0.15) is 0 Å². The summed E-state index contributed by atoms with van der Waals surface area (Å²) < 4.78 is 0. The third-order valence-corrected chi connectivity index (χ3v) is 10.6. The van der Waals surface area contributed by atoms with Gasteiger partial charge in [-0.15, -0.1) is 0 Å². The Morgan fingerprint density at radius 3 is 1.39 bits per heavy atom. The van der Waals surface area contributed by atoms with E-state index in [0.717, 1.165) is 11.3 Å². The molecule has 0 unspecified atom stereocenters. The second kappa shape index (κ2) is 8.21. The van der Waals surface area contributed by atoms with Gasteiger partial charge in [0.1, 0.15) is 0 Å². The molecular weight excluding hydrogens is 295 g/mol. The van der Waals surface area contributed by atoms with Crippen molar-refractivity contribution in [3.63, 3.8) is 0 Å². The van der Waals surface area contributed by atoms with Crippen molar-refractivity contribution in [1.82, 2.24) is 0 Å². The number of hydrogen-bond donors (Lipinski definition) is 0. The minimum absolute atomic E-state index is 0.195. The maximum atomic E-state index is 2.39. The van der Waals surface area contributed by atoms with Crippen LogP contribution in [0.2, 0.25) is 0 Å². The first kappa shape index (κ1) is 18.2. The van der Waals surface area contributed by atoms with Gasteiger partial charge in [0.2, 0.25) is 0 Å². The van der Waals surface area contributed by atoms with Crippen LogP contribution in [-0.2, 0) is 0 Å². The minimum Gasteiger partial charge on any atom is -0.0997 e. The maximum Gasteiger partial charge on any atom is -0.00568 e. The summed E-state index contributed by atoms with van der Waals surface area (Å²) in [5, 5.41) is 0. The first-order valence-electron chi connectivity index (χ1n) is 10.1. The van der Waals surface area contributed by atoms with Crippen LogP contribution in [0.4, 0.5) is 0 Å². The zero-order chi connectivity index (χ0) is 16.4. The number of rotatable bonds is 4. The average Bonchev–Trinajstić information content (AvgIpc) is 2.78. The van der Waals surface area contributed by atoms with Crippen molar-refractivity contribution >= 4 is 7.92 Å². The Balaban J connectivity index is 1.72. The normalized spacial score (nSPS) is 29.1. The van der Waals surface area contributed by atoms with Gasteiger partial charge in [-0.05, 0) is 72.8 Å². The molecule has 0 aromatic carbocycles. The van der Waals surface area contributed by atoms with Gasteiger partial charge < -0.3 is 0 Å². The van der Waals surface area contributed by atoms with Crippen molar-refractivity contribution in [3.8, 4) is 0 Å². The van der Waals surface area contributed by atoms with Gasteiger partial charge in [0.15, 0.2) is 0 Å². The van der Waals surface area contributed by atoms with Crippen molar-refractivity contribution in [2.24, 2.45) is 0 Å². The first-order chi connectivity index (χ1) is 11.1. The van der Waals surface area contributed by atoms with E-state index in [0.29, 0.717) is 0 Å². The molecule has 1 heteroatoms. The van der Waals surface area contributed by atoms with Gasteiger partial charge in [0.25, 0.3) is 0 Å². The van der Waals surface area contributed by atoms with Gasteiger partial charge in [-0.25, -0.2) is 0 Å². The van der Waals surface area contributed by atoms with Crippen LogP contribution in [0.3, 0.4) is 0 Å². The fraction of sp³-hybridized carbons (Fsp3) is 0.773. The van der Waals surface area contributed by atoms with Crippen LogP contribution in [-0.4, -0.2) is 17.5 Å². The molecule has 3 aliphatic carbocycles. The molecule has 23 heavy (non-hydrogen) atoms. The molecule has 0 bridgehead atoms. The second-order valence-corrected chi connectivity index (χ2v) is 11.0. The molecule has 3 rings (SSSR count). The average molecular weight is 332 g/mol. The van der Waals surface area contributed by atoms with Crippen LogP contribution in [0.15, 0.2) is 0 Å². The third kappa shape index (κ3) is 3.99. The van der Waals surface area contributed by atoms with Crippen LogP contribution >= 0.6 is 7.92 Å². The van der Waals surface area contributed by atoms with E-state index in [4.69, 9.17) is 0 Å². The summed E-state index contributed by atoms with van der Waals surface area (Å²) in [6, 6.07) is 0. The highest BCUT2D eigenvalue weighted by molar-refractivity contribution is 7.59. The summed E-state index contributed by atoms with van der Waals surface area (Å²) in [4.78, 5) is 0. The lowest BCUT2D eigenvalue weighted by atomic mass is 9.91. The molecule has 3 saturated carbocycles. The SMILES string of the molecule is C[C]1[C](C)[C](C)[C](CP(C2CCCCC2)C2CCCCC2)[C]1C. The zero-order valence-corrected chi connectivity index (χ0v) is 16.8. The molecule has 0 nitrogen and oxygen atoms in total. The molecular formula is C22H36P. The molecule has 0 heterocycles. The van der Waals surface area contributed by atoms with Crippen molar-refractivity contribution in [1.29, 1.82) is 0 Å². The van der Waals surface area contributed by atoms with E-state index in [1.165, 1.54) is 44.7 Å². The largest absolute Gasteiger partial charge is 0.0997 e. The van der Waals surface area contributed by atoms with Crippen molar-refractivity contribution < 1.29 is 0 Å². The van der Waals surface area contributed by atoms with E-state index in [1.807, 2.05) is 0 Å². The summed E-state index contributed by atoms with van der Waals surface area (Å²) in [6.07, 6.45) is 16.6. The van der Waals surface area contributed by atoms with Crippen molar-refractivity contribution in [2.45, 2.75) is 103 Å². The third-order valence-electron chi connectivity index (χ3n) is 7.02. The van der Waals surface area contributed by atoms with Crippen LogP contribution in [0.1, 0.15) is 91.9 Å². The fourth-order valence-corrected chi connectivity index (χ4v) is 9.11. The number of hydrogen-bond acceptors (Lipinski definition) is 0. The lowest BCUT2D eigenvalue weighted by molar-refractivity contribution is 0.484. The van der Waals surface area contributed by atoms with Crippen LogP contribution < -0.4 is 0 Å².